The quantitative estimate of drug-likeness (QED) is 0.144. The Morgan fingerprint density at radius 3 is 1.02 bits per heavy atom. The molecule has 0 heterocycles. The van der Waals surface area contributed by atoms with Gasteiger partial charge >= 0.3 is 0 Å². The van der Waals surface area contributed by atoms with Crippen LogP contribution in [-0.4, -0.2) is 0 Å². The van der Waals surface area contributed by atoms with Crippen LogP contribution in [0.25, 0.3) is 11.1 Å². The maximum atomic E-state index is 2.36. The molecule has 6 aromatic rings. The third-order valence-corrected chi connectivity index (χ3v) is 9.71. The van der Waals surface area contributed by atoms with Crippen molar-refractivity contribution in [3.8, 4) is 11.1 Å². The lowest BCUT2D eigenvalue weighted by atomic mass is 9.78. The summed E-state index contributed by atoms with van der Waals surface area (Å²) in [5, 5.41) is 0. The van der Waals surface area contributed by atoms with Crippen molar-refractivity contribution in [2.45, 2.75) is 38.5 Å². The van der Waals surface area contributed by atoms with Crippen molar-refractivity contribution in [1.82, 2.24) is 0 Å². The Hall–Kier alpha value is -4.15. The predicted octanol–water partition coefficient (Wildman–Crippen LogP) is 12.1. The molecule has 0 aliphatic rings. The third kappa shape index (κ3) is 6.09. The van der Waals surface area contributed by atoms with Gasteiger partial charge in [0.2, 0.25) is 0 Å². The number of halogens is 1. The van der Waals surface area contributed by atoms with Crippen LogP contribution in [0.15, 0.2) is 158 Å². The molecule has 6 rings (SSSR count). The minimum Gasteiger partial charge on any atom is -0.311 e. The number of benzene rings is 6. The van der Waals surface area contributed by atoms with Crippen molar-refractivity contribution in [3.05, 3.63) is 184 Å². The van der Waals surface area contributed by atoms with Crippen LogP contribution in [0.4, 0.5) is 17.1 Å². The zero-order valence-corrected chi connectivity index (χ0v) is 28.0. The van der Waals surface area contributed by atoms with E-state index in [1.165, 1.54) is 37.0 Å². The van der Waals surface area contributed by atoms with E-state index in [1.807, 2.05) is 0 Å². The van der Waals surface area contributed by atoms with Crippen LogP contribution in [-0.2, 0) is 10.8 Å². The van der Waals surface area contributed by atoms with Crippen LogP contribution >= 0.6 is 22.6 Å². The number of hydrogen-bond acceptors (Lipinski definition) is 1. The summed E-state index contributed by atoms with van der Waals surface area (Å²) in [5.74, 6) is 0. The number of rotatable bonds is 8. The lowest BCUT2D eigenvalue weighted by Gasteiger charge is -2.30. The Kier molecular flexibility index (Phi) is 8.46. The molecule has 2 heteroatoms. The summed E-state index contributed by atoms with van der Waals surface area (Å²) < 4.78 is 1.24. The minimum atomic E-state index is -0.0928. The molecular weight excluding hydrogens is 645 g/mol. The monoisotopic (exact) mass is 683 g/mol. The molecule has 0 radical (unpaired) electrons. The Bertz CT molecular complexity index is 1710. The Morgan fingerprint density at radius 2 is 0.659 bits per heavy atom. The van der Waals surface area contributed by atoms with Crippen LogP contribution in [0.2, 0.25) is 0 Å². The average Bonchev–Trinajstić information content (AvgIpc) is 3.07. The molecule has 218 valence electrons. The van der Waals surface area contributed by atoms with E-state index in [1.54, 1.807) is 0 Å². The van der Waals surface area contributed by atoms with Crippen molar-refractivity contribution in [2.75, 3.05) is 4.90 Å². The highest BCUT2D eigenvalue weighted by molar-refractivity contribution is 14.1. The van der Waals surface area contributed by atoms with E-state index in [0.29, 0.717) is 0 Å². The van der Waals surface area contributed by atoms with Gasteiger partial charge in [-0.05, 0) is 105 Å². The molecular formula is C42H38IN. The summed E-state index contributed by atoms with van der Waals surface area (Å²) in [5.41, 5.74) is 10.9. The number of nitrogens with zero attached hydrogens (tertiary/aromatic N) is 1. The molecule has 0 aliphatic heterocycles. The zero-order valence-electron chi connectivity index (χ0n) is 25.8. The van der Waals surface area contributed by atoms with Gasteiger partial charge in [0.25, 0.3) is 0 Å². The summed E-state index contributed by atoms with van der Waals surface area (Å²) >= 11 is 2.36. The Balaban J connectivity index is 1.38. The van der Waals surface area contributed by atoms with Crippen LogP contribution < -0.4 is 4.90 Å². The Morgan fingerprint density at radius 1 is 0.364 bits per heavy atom. The largest absolute Gasteiger partial charge is 0.311 e. The molecule has 0 aromatic heterocycles. The standard InChI is InChI=1S/C42H38IN/c1-41(2,33-11-7-5-8-12-33)35-19-27-39(28-20-35)44(38-25-17-32(18-26-38)31-15-23-37(43)24-16-31)40-29-21-36(22-30-40)42(3,4)34-13-9-6-10-14-34/h5-30H,1-4H3. The van der Waals surface area contributed by atoms with Gasteiger partial charge in [0.1, 0.15) is 0 Å². The van der Waals surface area contributed by atoms with E-state index in [2.05, 4.69) is 213 Å². The summed E-state index contributed by atoms with van der Waals surface area (Å²) in [6.07, 6.45) is 0. The van der Waals surface area contributed by atoms with Crippen LogP contribution in [0.1, 0.15) is 49.9 Å². The first-order chi connectivity index (χ1) is 21.2. The van der Waals surface area contributed by atoms with E-state index >= 15 is 0 Å². The fourth-order valence-corrected chi connectivity index (χ4v) is 6.35. The second kappa shape index (κ2) is 12.5. The van der Waals surface area contributed by atoms with Gasteiger partial charge in [-0.15, -0.1) is 0 Å². The minimum absolute atomic E-state index is 0.0928. The first kappa shape index (κ1) is 29.9. The fourth-order valence-electron chi connectivity index (χ4n) is 5.99. The van der Waals surface area contributed by atoms with Gasteiger partial charge in [0.05, 0.1) is 0 Å². The highest BCUT2D eigenvalue weighted by Gasteiger charge is 2.25. The zero-order chi connectivity index (χ0) is 30.7. The van der Waals surface area contributed by atoms with Crippen LogP contribution in [0, 0.1) is 3.57 Å². The molecule has 0 aliphatic carbocycles. The average molecular weight is 684 g/mol. The van der Waals surface area contributed by atoms with Gasteiger partial charge in [-0.25, -0.2) is 0 Å². The summed E-state index contributed by atoms with van der Waals surface area (Å²) in [6.45, 7) is 9.19. The van der Waals surface area contributed by atoms with Gasteiger partial charge < -0.3 is 4.90 Å². The molecule has 44 heavy (non-hydrogen) atoms. The molecule has 0 spiro atoms. The number of anilines is 3. The third-order valence-electron chi connectivity index (χ3n) is 8.99. The lowest BCUT2D eigenvalue weighted by molar-refractivity contribution is 0.641. The van der Waals surface area contributed by atoms with Gasteiger partial charge in [0, 0.05) is 31.5 Å². The topological polar surface area (TPSA) is 3.24 Å². The normalized spacial score (nSPS) is 11.8. The van der Waals surface area contributed by atoms with Gasteiger partial charge in [-0.3, -0.25) is 0 Å². The lowest BCUT2D eigenvalue weighted by Crippen LogP contribution is -2.19. The van der Waals surface area contributed by atoms with E-state index < -0.39 is 0 Å². The van der Waals surface area contributed by atoms with Crippen molar-refractivity contribution in [3.63, 3.8) is 0 Å². The second-order valence-electron chi connectivity index (χ2n) is 12.5. The molecule has 0 N–H and O–H groups in total. The van der Waals surface area contributed by atoms with Crippen LogP contribution in [0.3, 0.4) is 0 Å². The van der Waals surface area contributed by atoms with Gasteiger partial charge in [0.15, 0.2) is 0 Å². The van der Waals surface area contributed by atoms with E-state index in [9.17, 15) is 0 Å². The summed E-state index contributed by atoms with van der Waals surface area (Å²) in [7, 11) is 0. The molecule has 0 fully saturated rings. The molecule has 0 saturated carbocycles. The Labute approximate surface area is 276 Å². The molecule has 0 atom stereocenters. The van der Waals surface area contributed by atoms with Gasteiger partial charge in [-0.1, -0.05) is 137 Å². The molecule has 0 unspecified atom stereocenters. The smallest absolute Gasteiger partial charge is 0.0462 e. The van der Waals surface area contributed by atoms with E-state index in [4.69, 9.17) is 0 Å². The molecule has 0 saturated heterocycles. The SMILES string of the molecule is CC(C)(c1ccccc1)c1ccc(N(c2ccc(-c3ccc(I)cc3)cc2)c2ccc(C(C)(C)c3ccccc3)cc2)cc1. The van der Waals surface area contributed by atoms with Gasteiger partial charge in [-0.2, -0.15) is 0 Å². The van der Waals surface area contributed by atoms with E-state index in [-0.39, 0.29) is 10.8 Å². The highest BCUT2D eigenvalue weighted by Crippen LogP contribution is 2.40. The molecule has 1 nitrogen and oxygen atoms in total. The predicted molar refractivity (Wildman–Crippen MR) is 196 cm³/mol. The van der Waals surface area contributed by atoms with Crippen molar-refractivity contribution in [1.29, 1.82) is 0 Å². The highest BCUT2D eigenvalue weighted by atomic mass is 127. The van der Waals surface area contributed by atoms with Crippen molar-refractivity contribution >= 4 is 39.7 Å². The molecule has 0 bridgehead atoms. The first-order valence-corrected chi connectivity index (χ1v) is 16.3. The first-order valence-electron chi connectivity index (χ1n) is 15.2. The maximum absolute atomic E-state index is 2.36. The molecule has 6 aromatic carbocycles. The summed E-state index contributed by atoms with van der Waals surface area (Å²) in [6, 6.07) is 57.3. The van der Waals surface area contributed by atoms with Crippen molar-refractivity contribution < 1.29 is 0 Å². The second-order valence-corrected chi connectivity index (χ2v) is 13.7. The molecule has 0 amide bonds. The van der Waals surface area contributed by atoms with E-state index in [0.717, 1.165) is 17.1 Å². The fraction of sp³-hybridized carbons (Fsp3) is 0.143. The van der Waals surface area contributed by atoms with Crippen LogP contribution in [0.5, 0.6) is 0 Å². The van der Waals surface area contributed by atoms with Crippen molar-refractivity contribution in [2.24, 2.45) is 0 Å². The summed E-state index contributed by atoms with van der Waals surface area (Å²) in [4.78, 5) is 2.36. The maximum Gasteiger partial charge on any atom is 0.0462 e. The number of hydrogen-bond donors (Lipinski definition) is 0.